The molecule has 0 radical (unpaired) electrons. The second kappa shape index (κ2) is 6.18. The molecule has 1 N–H and O–H groups in total. The Kier molecular flexibility index (Phi) is 3.87. The van der Waals surface area contributed by atoms with Crippen LogP contribution in [0.1, 0.15) is 25.8 Å². The highest BCUT2D eigenvalue weighted by Gasteiger charge is 2.39. The average Bonchev–Trinajstić information content (AvgIpc) is 3.22. The third-order valence-corrected chi connectivity index (χ3v) is 4.98. The molecular formula is C16H21N7O. The summed E-state index contributed by atoms with van der Waals surface area (Å²) in [6.45, 7) is 3.55. The minimum Gasteiger partial charge on any atom is -0.349 e. The lowest BCUT2D eigenvalue weighted by Crippen LogP contribution is -2.46. The molecule has 8 heteroatoms. The molecule has 2 aromatic rings. The van der Waals surface area contributed by atoms with Crippen LogP contribution in [0.2, 0.25) is 0 Å². The van der Waals surface area contributed by atoms with Gasteiger partial charge in [0.15, 0.2) is 0 Å². The number of nitrogens with one attached hydrogen (secondary N) is 1. The first-order chi connectivity index (χ1) is 11.7. The Labute approximate surface area is 140 Å². The van der Waals surface area contributed by atoms with Crippen molar-refractivity contribution in [3.63, 3.8) is 0 Å². The van der Waals surface area contributed by atoms with E-state index in [1.165, 1.54) is 0 Å². The Morgan fingerprint density at radius 1 is 1.21 bits per heavy atom. The lowest BCUT2D eigenvalue weighted by atomic mass is 9.75. The van der Waals surface area contributed by atoms with Crippen LogP contribution in [-0.4, -0.2) is 50.0 Å². The molecular weight excluding hydrogens is 306 g/mol. The minimum absolute atomic E-state index is 0.0257. The summed E-state index contributed by atoms with van der Waals surface area (Å²) in [6, 6.07) is 1.79. The maximum absolute atomic E-state index is 12.5. The molecule has 1 amide bonds. The van der Waals surface area contributed by atoms with Gasteiger partial charge in [-0.3, -0.25) is 4.79 Å². The predicted molar refractivity (Wildman–Crippen MR) is 87.1 cm³/mol. The van der Waals surface area contributed by atoms with Crippen LogP contribution in [0.5, 0.6) is 0 Å². The Bertz CT molecular complexity index is 684. The number of hydrogen-bond acceptors (Lipinski definition) is 6. The van der Waals surface area contributed by atoms with E-state index in [4.69, 9.17) is 0 Å². The van der Waals surface area contributed by atoms with Crippen molar-refractivity contribution in [3.05, 3.63) is 30.9 Å². The van der Waals surface area contributed by atoms with Crippen molar-refractivity contribution in [2.24, 2.45) is 11.8 Å². The standard InChI is InChI=1S/C16H21N7O/c1-11-7-12(8-11)15(24)20-13-9-22(16-17-3-2-4-18-16)10-14(13)23-6-5-19-21-23/h2-6,11-14H,7-10H2,1H3,(H,20,24)/t11?,12?,13-,14+/m1/s1. The molecule has 126 valence electrons. The summed E-state index contributed by atoms with van der Waals surface area (Å²) >= 11 is 0. The fraction of sp³-hybridized carbons (Fsp3) is 0.562. The van der Waals surface area contributed by atoms with Crippen LogP contribution in [0.4, 0.5) is 5.95 Å². The molecule has 0 bridgehead atoms. The van der Waals surface area contributed by atoms with Crippen LogP contribution in [0, 0.1) is 11.8 Å². The number of amides is 1. The van der Waals surface area contributed by atoms with E-state index in [1.807, 2.05) is 10.9 Å². The summed E-state index contributed by atoms with van der Waals surface area (Å²) in [5.74, 6) is 1.64. The van der Waals surface area contributed by atoms with Crippen molar-refractivity contribution in [3.8, 4) is 0 Å². The number of nitrogens with zero attached hydrogens (tertiary/aromatic N) is 6. The largest absolute Gasteiger partial charge is 0.349 e. The monoisotopic (exact) mass is 327 g/mol. The molecule has 3 heterocycles. The van der Waals surface area contributed by atoms with Gasteiger partial charge in [0.25, 0.3) is 0 Å². The van der Waals surface area contributed by atoms with Gasteiger partial charge in [0.05, 0.1) is 18.3 Å². The van der Waals surface area contributed by atoms with Gasteiger partial charge in [-0.25, -0.2) is 14.6 Å². The number of anilines is 1. The van der Waals surface area contributed by atoms with Crippen LogP contribution in [-0.2, 0) is 4.79 Å². The molecule has 1 aliphatic carbocycles. The Morgan fingerprint density at radius 3 is 2.67 bits per heavy atom. The second-order valence-electron chi connectivity index (χ2n) is 6.79. The molecule has 0 unspecified atom stereocenters. The molecule has 2 fully saturated rings. The second-order valence-corrected chi connectivity index (χ2v) is 6.79. The summed E-state index contributed by atoms with van der Waals surface area (Å²) in [4.78, 5) is 23.2. The molecule has 24 heavy (non-hydrogen) atoms. The van der Waals surface area contributed by atoms with E-state index in [1.54, 1.807) is 24.7 Å². The van der Waals surface area contributed by atoms with E-state index in [0.717, 1.165) is 12.8 Å². The third kappa shape index (κ3) is 2.83. The highest BCUT2D eigenvalue weighted by atomic mass is 16.2. The Balaban J connectivity index is 1.50. The van der Waals surface area contributed by atoms with Gasteiger partial charge in [-0.2, -0.15) is 0 Å². The Hall–Kier alpha value is -2.51. The number of carbonyl (C=O) groups excluding carboxylic acids is 1. The molecule has 2 atom stereocenters. The zero-order valence-electron chi connectivity index (χ0n) is 13.6. The van der Waals surface area contributed by atoms with Gasteiger partial charge in [0.2, 0.25) is 11.9 Å². The van der Waals surface area contributed by atoms with Crippen LogP contribution < -0.4 is 10.2 Å². The fourth-order valence-electron chi connectivity index (χ4n) is 3.63. The van der Waals surface area contributed by atoms with Crippen molar-refractivity contribution >= 4 is 11.9 Å². The molecule has 8 nitrogen and oxygen atoms in total. The van der Waals surface area contributed by atoms with E-state index >= 15 is 0 Å². The van der Waals surface area contributed by atoms with Gasteiger partial charge < -0.3 is 10.2 Å². The number of rotatable bonds is 4. The van der Waals surface area contributed by atoms with Gasteiger partial charge in [0, 0.05) is 37.6 Å². The van der Waals surface area contributed by atoms with E-state index in [2.05, 4.69) is 37.4 Å². The Morgan fingerprint density at radius 2 is 2.00 bits per heavy atom. The first-order valence-electron chi connectivity index (χ1n) is 8.39. The van der Waals surface area contributed by atoms with Gasteiger partial charge in [-0.15, -0.1) is 5.10 Å². The van der Waals surface area contributed by atoms with Gasteiger partial charge in [0.1, 0.15) is 0 Å². The van der Waals surface area contributed by atoms with Crippen molar-refractivity contribution in [2.75, 3.05) is 18.0 Å². The highest BCUT2D eigenvalue weighted by molar-refractivity contribution is 5.80. The van der Waals surface area contributed by atoms with Crippen molar-refractivity contribution in [2.45, 2.75) is 31.8 Å². The zero-order chi connectivity index (χ0) is 16.5. The SMILES string of the molecule is CC1CC(C(=O)N[C@@H]2CN(c3ncccn3)C[C@@H]2n2ccnn2)C1. The summed E-state index contributed by atoms with van der Waals surface area (Å²) in [6.07, 6.45) is 8.93. The van der Waals surface area contributed by atoms with E-state index in [-0.39, 0.29) is 23.9 Å². The summed E-state index contributed by atoms with van der Waals surface area (Å²) in [5, 5.41) is 11.2. The molecule has 1 saturated carbocycles. The number of hydrogen-bond donors (Lipinski definition) is 1. The summed E-state index contributed by atoms with van der Waals surface area (Å²) in [5.41, 5.74) is 0. The van der Waals surface area contributed by atoms with Gasteiger partial charge in [-0.05, 0) is 24.8 Å². The van der Waals surface area contributed by atoms with Gasteiger partial charge in [-0.1, -0.05) is 12.1 Å². The lowest BCUT2D eigenvalue weighted by Gasteiger charge is -2.33. The van der Waals surface area contributed by atoms with E-state index in [0.29, 0.717) is 25.0 Å². The quantitative estimate of drug-likeness (QED) is 0.887. The number of aromatic nitrogens is 5. The average molecular weight is 327 g/mol. The van der Waals surface area contributed by atoms with Crippen molar-refractivity contribution < 1.29 is 4.79 Å². The molecule has 4 rings (SSSR count). The van der Waals surface area contributed by atoms with Crippen LogP contribution in [0.15, 0.2) is 30.9 Å². The highest BCUT2D eigenvalue weighted by Crippen LogP contribution is 2.34. The van der Waals surface area contributed by atoms with Crippen LogP contribution >= 0.6 is 0 Å². The first kappa shape index (κ1) is 15.0. The molecule has 0 aromatic carbocycles. The third-order valence-electron chi connectivity index (χ3n) is 4.98. The maximum Gasteiger partial charge on any atom is 0.225 e. The zero-order valence-corrected chi connectivity index (χ0v) is 13.6. The topological polar surface area (TPSA) is 88.8 Å². The molecule has 0 spiro atoms. The van der Waals surface area contributed by atoms with Crippen molar-refractivity contribution in [1.29, 1.82) is 0 Å². The first-order valence-corrected chi connectivity index (χ1v) is 8.39. The molecule has 1 aliphatic heterocycles. The summed E-state index contributed by atoms with van der Waals surface area (Å²) in [7, 11) is 0. The van der Waals surface area contributed by atoms with Gasteiger partial charge >= 0.3 is 0 Å². The lowest BCUT2D eigenvalue weighted by molar-refractivity contribution is -0.129. The predicted octanol–water partition coefficient (Wildman–Crippen LogP) is 0.660. The van der Waals surface area contributed by atoms with Crippen LogP contribution in [0.25, 0.3) is 0 Å². The molecule has 2 aliphatic rings. The summed E-state index contributed by atoms with van der Waals surface area (Å²) < 4.78 is 1.82. The smallest absolute Gasteiger partial charge is 0.225 e. The van der Waals surface area contributed by atoms with Crippen molar-refractivity contribution in [1.82, 2.24) is 30.3 Å². The van der Waals surface area contributed by atoms with Crippen LogP contribution in [0.3, 0.4) is 0 Å². The minimum atomic E-state index is -0.0288. The molecule has 2 aromatic heterocycles. The molecule has 1 saturated heterocycles. The normalized spacial score (nSPS) is 29.3. The maximum atomic E-state index is 12.5. The van der Waals surface area contributed by atoms with E-state index < -0.39 is 0 Å². The number of carbonyl (C=O) groups is 1. The van der Waals surface area contributed by atoms with E-state index in [9.17, 15) is 4.79 Å². The fourth-order valence-corrected chi connectivity index (χ4v) is 3.63.